The number of hydrogen-bond acceptors (Lipinski definition) is 1. The normalized spacial score (nSPS) is 15.2. The van der Waals surface area contributed by atoms with Crippen molar-refractivity contribution in [1.29, 1.82) is 0 Å². The molecule has 2 heteroatoms. The van der Waals surface area contributed by atoms with E-state index in [-0.39, 0.29) is 0 Å². The molecule has 0 saturated carbocycles. The van der Waals surface area contributed by atoms with E-state index in [1.165, 1.54) is 0 Å². The Hall–Kier alpha value is -0.790. The van der Waals surface area contributed by atoms with Gasteiger partial charge in [0.15, 0.2) is 5.06 Å². The van der Waals surface area contributed by atoms with E-state index in [9.17, 15) is 5.11 Å². The highest BCUT2D eigenvalue weighted by Crippen LogP contribution is 2.29. The lowest BCUT2D eigenvalue weighted by Gasteiger charge is -2.18. The van der Waals surface area contributed by atoms with Crippen molar-refractivity contribution in [3.63, 3.8) is 0 Å². The molecule has 1 N–H and O–H groups in total. The molecule has 0 aromatic heterocycles. The van der Waals surface area contributed by atoms with Crippen LogP contribution in [0.3, 0.4) is 0 Å². The van der Waals surface area contributed by atoms with Gasteiger partial charge < -0.3 is 5.11 Å². The number of alkyl halides is 1. The summed E-state index contributed by atoms with van der Waals surface area (Å²) in [5.41, 5.74) is 0.701. The van der Waals surface area contributed by atoms with E-state index in [1.54, 1.807) is 18.2 Å². The van der Waals surface area contributed by atoms with Crippen molar-refractivity contribution in [2.75, 3.05) is 0 Å². The minimum Gasteiger partial charge on any atom is -0.371 e. The van der Waals surface area contributed by atoms with E-state index >= 15 is 0 Å². The molecule has 0 fully saturated rings. The van der Waals surface area contributed by atoms with Gasteiger partial charge in [0, 0.05) is 6.42 Å². The Kier molecular flexibility index (Phi) is 2.90. The van der Waals surface area contributed by atoms with Gasteiger partial charge in [0.05, 0.1) is 0 Å². The van der Waals surface area contributed by atoms with Crippen molar-refractivity contribution < 1.29 is 5.11 Å². The van der Waals surface area contributed by atoms with Crippen LogP contribution in [-0.4, -0.2) is 5.11 Å². The third kappa shape index (κ3) is 2.10. The molecule has 0 amide bonds. The van der Waals surface area contributed by atoms with E-state index < -0.39 is 5.06 Å². The van der Waals surface area contributed by atoms with Crippen LogP contribution >= 0.6 is 11.6 Å². The molecule has 0 bridgehead atoms. The Morgan fingerprint density at radius 2 is 2.00 bits per heavy atom. The number of benzene rings is 1. The van der Waals surface area contributed by atoms with E-state index in [2.05, 4.69) is 6.58 Å². The summed E-state index contributed by atoms with van der Waals surface area (Å²) in [4.78, 5) is 0. The molecule has 1 aromatic carbocycles. The monoisotopic (exact) mass is 182 g/mol. The summed E-state index contributed by atoms with van der Waals surface area (Å²) in [7, 11) is 0. The predicted molar refractivity (Wildman–Crippen MR) is 51.0 cm³/mol. The van der Waals surface area contributed by atoms with Gasteiger partial charge in [-0.25, -0.2) is 0 Å². The molecular weight excluding hydrogens is 172 g/mol. The first-order chi connectivity index (χ1) is 5.67. The van der Waals surface area contributed by atoms with Crippen molar-refractivity contribution >= 4 is 11.6 Å². The number of rotatable bonds is 3. The molecule has 64 valence electrons. The molecule has 0 radical (unpaired) electrons. The van der Waals surface area contributed by atoms with E-state index in [4.69, 9.17) is 11.6 Å². The minimum absolute atomic E-state index is 0.346. The van der Waals surface area contributed by atoms with Gasteiger partial charge in [-0.3, -0.25) is 0 Å². The van der Waals surface area contributed by atoms with Crippen LogP contribution in [0, 0.1) is 0 Å². The number of halogens is 1. The summed E-state index contributed by atoms with van der Waals surface area (Å²) in [6.07, 6.45) is 1.94. The van der Waals surface area contributed by atoms with Crippen molar-refractivity contribution in [1.82, 2.24) is 0 Å². The van der Waals surface area contributed by atoms with Gasteiger partial charge in [-0.15, -0.1) is 6.58 Å². The highest BCUT2D eigenvalue weighted by molar-refractivity contribution is 6.22. The Morgan fingerprint density at radius 1 is 1.42 bits per heavy atom. The Morgan fingerprint density at radius 3 is 2.50 bits per heavy atom. The van der Waals surface area contributed by atoms with Crippen LogP contribution < -0.4 is 0 Å². The van der Waals surface area contributed by atoms with Crippen molar-refractivity contribution in [3.8, 4) is 0 Å². The van der Waals surface area contributed by atoms with Gasteiger partial charge in [0.2, 0.25) is 0 Å². The quantitative estimate of drug-likeness (QED) is 0.563. The maximum atomic E-state index is 9.68. The first-order valence-electron chi connectivity index (χ1n) is 3.74. The fraction of sp³-hybridized carbons (Fsp3) is 0.200. The highest BCUT2D eigenvalue weighted by atomic mass is 35.5. The predicted octanol–water partition coefficient (Wildman–Crippen LogP) is 2.65. The topological polar surface area (TPSA) is 20.2 Å². The molecule has 0 spiro atoms. The Bertz CT molecular complexity index is 254. The number of aliphatic hydroxyl groups is 1. The second-order valence-electron chi connectivity index (χ2n) is 2.62. The van der Waals surface area contributed by atoms with E-state index in [0.717, 1.165) is 0 Å². The van der Waals surface area contributed by atoms with Crippen LogP contribution in [0.5, 0.6) is 0 Å². The zero-order valence-electron chi connectivity index (χ0n) is 6.70. The standard InChI is InChI=1S/C10H11ClO/c1-2-8-10(11,12)9-6-4-3-5-7-9/h2-7,12H,1,8H2. The van der Waals surface area contributed by atoms with Crippen LogP contribution in [0.2, 0.25) is 0 Å². The van der Waals surface area contributed by atoms with Gasteiger partial charge in [-0.05, 0) is 5.56 Å². The minimum atomic E-state index is -1.30. The van der Waals surface area contributed by atoms with Crippen LogP contribution in [0.25, 0.3) is 0 Å². The fourth-order valence-corrected chi connectivity index (χ4v) is 1.24. The first-order valence-corrected chi connectivity index (χ1v) is 4.12. The zero-order chi connectivity index (χ0) is 9.03. The van der Waals surface area contributed by atoms with E-state index in [0.29, 0.717) is 12.0 Å². The van der Waals surface area contributed by atoms with Gasteiger partial charge >= 0.3 is 0 Å². The molecule has 1 aromatic rings. The first kappa shape index (κ1) is 9.30. The summed E-state index contributed by atoms with van der Waals surface area (Å²) in [6.45, 7) is 3.53. The molecule has 12 heavy (non-hydrogen) atoms. The molecule has 1 atom stereocenters. The third-order valence-electron chi connectivity index (χ3n) is 1.63. The summed E-state index contributed by atoms with van der Waals surface area (Å²) in [6, 6.07) is 9.13. The van der Waals surface area contributed by atoms with Crippen molar-refractivity contribution in [2.45, 2.75) is 11.5 Å². The molecule has 0 heterocycles. The van der Waals surface area contributed by atoms with E-state index in [1.807, 2.05) is 18.2 Å². The second-order valence-corrected chi connectivity index (χ2v) is 3.24. The lowest BCUT2D eigenvalue weighted by molar-refractivity contribution is 0.132. The van der Waals surface area contributed by atoms with Crippen molar-refractivity contribution in [3.05, 3.63) is 48.6 Å². The molecule has 0 aliphatic carbocycles. The lowest BCUT2D eigenvalue weighted by atomic mass is 10.1. The smallest absolute Gasteiger partial charge is 0.167 e. The molecule has 1 unspecified atom stereocenters. The Balaban J connectivity index is 2.89. The van der Waals surface area contributed by atoms with Crippen LogP contribution in [-0.2, 0) is 5.06 Å². The third-order valence-corrected chi connectivity index (χ3v) is 2.00. The highest BCUT2D eigenvalue weighted by Gasteiger charge is 2.23. The summed E-state index contributed by atoms with van der Waals surface area (Å²) in [5.74, 6) is 0. The summed E-state index contributed by atoms with van der Waals surface area (Å²) in [5, 5.41) is 8.38. The van der Waals surface area contributed by atoms with Crippen LogP contribution in [0.4, 0.5) is 0 Å². The summed E-state index contributed by atoms with van der Waals surface area (Å²) >= 11 is 5.85. The maximum Gasteiger partial charge on any atom is 0.167 e. The van der Waals surface area contributed by atoms with Gasteiger partial charge in [-0.2, -0.15) is 0 Å². The molecule has 0 saturated heterocycles. The van der Waals surface area contributed by atoms with Crippen LogP contribution in [0.1, 0.15) is 12.0 Å². The van der Waals surface area contributed by atoms with Crippen LogP contribution in [0.15, 0.2) is 43.0 Å². The van der Waals surface area contributed by atoms with Gasteiger partial charge in [-0.1, -0.05) is 48.0 Å². The van der Waals surface area contributed by atoms with Gasteiger partial charge in [0.1, 0.15) is 0 Å². The maximum absolute atomic E-state index is 9.68. The van der Waals surface area contributed by atoms with Crippen molar-refractivity contribution in [2.24, 2.45) is 0 Å². The largest absolute Gasteiger partial charge is 0.371 e. The number of hydrogen-bond donors (Lipinski definition) is 1. The molecule has 1 rings (SSSR count). The molecular formula is C10H11ClO. The van der Waals surface area contributed by atoms with Gasteiger partial charge in [0.25, 0.3) is 0 Å². The zero-order valence-corrected chi connectivity index (χ0v) is 7.46. The fourth-order valence-electron chi connectivity index (χ4n) is 1.00. The Labute approximate surface area is 77.3 Å². The summed E-state index contributed by atoms with van der Waals surface area (Å²) < 4.78 is 0. The lowest BCUT2D eigenvalue weighted by Crippen LogP contribution is -2.16. The average molecular weight is 183 g/mol. The molecule has 1 nitrogen and oxygen atoms in total. The molecule has 0 aliphatic heterocycles. The second kappa shape index (κ2) is 3.74. The SMILES string of the molecule is C=CCC(O)(Cl)c1ccccc1. The average Bonchev–Trinajstić information content (AvgIpc) is 2.06. The molecule has 0 aliphatic rings.